The van der Waals surface area contributed by atoms with Crippen LogP contribution in [0, 0.1) is 13.8 Å². The first-order chi connectivity index (χ1) is 14.0. The highest BCUT2D eigenvalue weighted by molar-refractivity contribution is 5.77. The van der Waals surface area contributed by atoms with Crippen LogP contribution in [0.4, 0.5) is 0 Å². The van der Waals surface area contributed by atoms with Gasteiger partial charge in [0, 0.05) is 16.7 Å². The molecule has 2 atom stereocenters. The number of phenolic OH excluding ortho intramolecular Hbond substituents is 1. The number of benzene rings is 3. The number of aryl methyl sites for hydroxylation is 2. The van der Waals surface area contributed by atoms with Crippen LogP contribution >= 0.6 is 0 Å². The predicted molar refractivity (Wildman–Crippen MR) is 111 cm³/mol. The molecule has 150 valence electrons. The van der Waals surface area contributed by atoms with E-state index in [-0.39, 0.29) is 12.4 Å². The van der Waals surface area contributed by atoms with Gasteiger partial charge in [-0.05, 0) is 50.2 Å². The van der Waals surface area contributed by atoms with E-state index in [1.807, 2.05) is 38.1 Å². The molecule has 5 heteroatoms. The number of hydrogen-bond donors (Lipinski definition) is 2. The van der Waals surface area contributed by atoms with Crippen molar-refractivity contribution >= 4 is 0 Å². The van der Waals surface area contributed by atoms with Gasteiger partial charge in [0.25, 0.3) is 0 Å². The Morgan fingerprint density at radius 3 is 2.07 bits per heavy atom. The molecule has 0 aliphatic carbocycles. The van der Waals surface area contributed by atoms with E-state index >= 15 is 0 Å². The van der Waals surface area contributed by atoms with E-state index in [1.165, 1.54) is 7.11 Å². The van der Waals surface area contributed by atoms with E-state index in [0.29, 0.717) is 17.2 Å². The molecule has 0 radical (unpaired) electrons. The van der Waals surface area contributed by atoms with Gasteiger partial charge in [0.15, 0.2) is 23.7 Å². The molecule has 0 bridgehead atoms. The molecule has 0 amide bonds. The second-order valence-corrected chi connectivity index (χ2v) is 7.31. The molecule has 0 aromatic heterocycles. The highest BCUT2D eigenvalue weighted by Gasteiger charge is 2.31. The minimum atomic E-state index is -0.639. The standard InChI is InChI=1S/C24H24O5/c1-14-4-8-20-17(10-14)18-11-15(2)5-9-21(18)29-24(23(13-25)28-20)16-6-7-19(26)22(12-16)27-3/h4-12,23-26H,13H2,1-3H3. The topological polar surface area (TPSA) is 68.2 Å². The van der Waals surface area contributed by atoms with Gasteiger partial charge in [0.05, 0.1) is 13.7 Å². The number of fused-ring (bicyclic) bond motifs is 3. The molecule has 1 aliphatic heterocycles. The summed E-state index contributed by atoms with van der Waals surface area (Å²) in [6, 6.07) is 17.0. The van der Waals surface area contributed by atoms with Crippen LogP contribution in [0.5, 0.6) is 23.0 Å². The van der Waals surface area contributed by atoms with Gasteiger partial charge in [-0.1, -0.05) is 29.3 Å². The smallest absolute Gasteiger partial charge is 0.163 e. The van der Waals surface area contributed by atoms with Crippen LogP contribution in [0.25, 0.3) is 11.1 Å². The van der Waals surface area contributed by atoms with Crippen LogP contribution in [0.15, 0.2) is 54.6 Å². The lowest BCUT2D eigenvalue weighted by Crippen LogP contribution is -2.34. The van der Waals surface area contributed by atoms with Gasteiger partial charge in [-0.25, -0.2) is 0 Å². The Morgan fingerprint density at radius 2 is 1.48 bits per heavy atom. The SMILES string of the molecule is COc1cc(C2Oc3ccc(C)cc3-c3cc(C)ccc3OC2CO)ccc1O. The van der Waals surface area contributed by atoms with Crippen molar-refractivity contribution in [3.05, 3.63) is 71.3 Å². The van der Waals surface area contributed by atoms with Crippen LogP contribution in [0.2, 0.25) is 0 Å². The molecular formula is C24H24O5. The Bertz CT molecular complexity index is 1040. The van der Waals surface area contributed by atoms with E-state index in [1.54, 1.807) is 18.2 Å². The number of aromatic hydroxyl groups is 1. The van der Waals surface area contributed by atoms with Gasteiger partial charge in [-0.3, -0.25) is 0 Å². The molecule has 5 nitrogen and oxygen atoms in total. The van der Waals surface area contributed by atoms with Crippen LogP contribution in [-0.4, -0.2) is 30.0 Å². The largest absolute Gasteiger partial charge is 0.504 e. The van der Waals surface area contributed by atoms with Crippen molar-refractivity contribution in [1.29, 1.82) is 0 Å². The lowest BCUT2D eigenvalue weighted by molar-refractivity contribution is 0.0133. The molecule has 3 aromatic rings. The molecule has 0 saturated carbocycles. The molecule has 4 rings (SSSR count). The fourth-order valence-corrected chi connectivity index (χ4v) is 3.64. The average Bonchev–Trinajstić information content (AvgIpc) is 2.71. The molecule has 2 N–H and O–H groups in total. The predicted octanol–water partition coefficient (Wildman–Crippen LogP) is 4.56. The van der Waals surface area contributed by atoms with Crippen molar-refractivity contribution < 1.29 is 24.4 Å². The third kappa shape index (κ3) is 3.61. The summed E-state index contributed by atoms with van der Waals surface area (Å²) < 4.78 is 17.9. The summed E-state index contributed by atoms with van der Waals surface area (Å²) in [6.45, 7) is 3.83. The average molecular weight is 392 g/mol. The van der Waals surface area contributed by atoms with Gasteiger partial charge in [-0.2, -0.15) is 0 Å². The summed E-state index contributed by atoms with van der Waals surface area (Å²) in [5.41, 5.74) is 4.84. The second kappa shape index (κ2) is 7.68. The molecule has 0 saturated heterocycles. The molecule has 1 heterocycles. The van der Waals surface area contributed by atoms with Crippen LogP contribution in [0.1, 0.15) is 22.8 Å². The summed E-state index contributed by atoms with van der Waals surface area (Å²) in [5.74, 6) is 1.78. The third-order valence-electron chi connectivity index (χ3n) is 5.14. The first-order valence-corrected chi connectivity index (χ1v) is 9.53. The van der Waals surface area contributed by atoms with E-state index < -0.39 is 12.2 Å². The van der Waals surface area contributed by atoms with Crippen LogP contribution in [-0.2, 0) is 0 Å². The zero-order chi connectivity index (χ0) is 20.5. The number of aliphatic hydroxyl groups is 1. The van der Waals surface area contributed by atoms with E-state index in [9.17, 15) is 10.2 Å². The summed E-state index contributed by atoms with van der Waals surface area (Å²) in [6.07, 6.45) is -1.23. The molecule has 1 aliphatic rings. The van der Waals surface area contributed by atoms with Gasteiger partial charge >= 0.3 is 0 Å². The molecular weight excluding hydrogens is 368 g/mol. The van der Waals surface area contributed by atoms with Crippen LogP contribution in [0.3, 0.4) is 0 Å². The number of hydrogen-bond acceptors (Lipinski definition) is 5. The summed E-state index contributed by atoms with van der Waals surface area (Å²) in [4.78, 5) is 0. The first kappa shape index (κ1) is 19.2. The zero-order valence-electron chi connectivity index (χ0n) is 16.7. The lowest BCUT2D eigenvalue weighted by Gasteiger charge is -2.32. The Balaban J connectivity index is 1.88. The zero-order valence-corrected chi connectivity index (χ0v) is 16.7. The normalized spacial score (nSPS) is 17.8. The minimum absolute atomic E-state index is 0.0420. The summed E-state index contributed by atoms with van der Waals surface area (Å²) in [5, 5.41) is 20.1. The third-order valence-corrected chi connectivity index (χ3v) is 5.14. The minimum Gasteiger partial charge on any atom is -0.504 e. The maximum atomic E-state index is 10.1. The van der Waals surface area contributed by atoms with Gasteiger partial charge in [0.1, 0.15) is 11.5 Å². The van der Waals surface area contributed by atoms with E-state index in [0.717, 1.165) is 27.8 Å². The second-order valence-electron chi connectivity index (χ2n) is 7.31. The summed E-state index contributed by atoms with van der Waals surface area (Å²) >= 11 is 0. The van der Waals surface area contributed by atoms with E-state index in [4.69, 9.17) is 14.2 Å². The number of ether oxygens (including phenoxy) is 3. The monoisotopic (exact) mass is 392 g/mol. The molecule has 0 fully saturated rings. The van der Waals surface area contributed by atoms with Crippen molar-refractivity contribution in [2.45, 2.75) is 26.1 Å². The van der Waals surface area contributed by atoms with Crippen molar-refractivity contribution in [2.24, 2.45) is 0 Å². The highest BCUT2D eigenvalue weighted by Crippen LogP contribution is 2.44. The van der Waals surface area contributed by atoms with Crippen LogP contribution < -0.4 is 14.2 Å². The Kier molecular flexibility index (Phi) is 5.07. The van der Waals surface area contributed by atoms with Gasteiger partial charge < -0.3 is 24.4 Å². The van der Waals surface area contributed by atoms with Crippen molar-refractivity contribution in [1.82, 2.24) is 0 Å². The lowest BCUT2D eigenvalue weighted by atomic mass is 9.97. The Labute approximate surface area is 170 Å². The maximum absolute atomic E-state index is 10.1. The van der Waals surface area contributed by atoms with Gasteiger partial charge in [0.2, 0.25) is 0 Å². The molecule has 29 heavy (non-hydrogen) atoms. The number of aliphatic hydroxyl groups excluding tert-OH is 1. The van der Waals surface area contributed by atoms with Crippen molar-refractivity contribution in [2.75, 3.05) is 13.7 Å². The maximum Gasteiger partial charge on any atom is 0.163 e. The van der Waals surface area contributed by atoms with Gasteiger partial charge in [-0.15, -0.1) is 0 Å². The van der Waals surface area contributed by atoms with Crippen molar-refractivity contribution in [3.63, 3.8) is 0 Å². The first-order valence-electron chi connectivity index (χ1n) is 9.53. The molecule has 2 unspecified atom stereocenters. The fraction of sp³-hybridized carbons (Fsp3) is 0.250. The number of phenols is 1. The Morgan fingerprint density at radius 1 is 0.862 bits per heavy atom. The van der Waals surface area contributed by atoms with Crippen molar-refractivity contribution in [3.8, 4) is 34.1 Å². The summed E-state index contributed by atoms with van der Waals surface area (Å²) in [7, 11) is 1.49. The quantitative estimate of drug-likeness (QED) is 0.684. The highest BCUT2D eigenvalue weighted by atomic mass is 16.6. The number of methoxy groups -OCH3 is 1. The van der Waals surface area contributed by atoms with E-state index in [2.05, 4.69) is 12.1 Å². The number of rotatable bonds is 3. The Hall–Kier alpha value is -3.18. The fourth-order valence-electron chi connectivity index (χ4n) is 3.64. The molecule has 0 spiro atoms. The molecule has 3 aromatic carbocycles.